The van der Waals surface area contributed by atoms with Crippen molar-refractivity contribution in [2.24, 2.45) is 63.1 Å². The molecule has 20 heteroatoms. The van der Waals surface area contributed by atoms with Crippen LogP contribution in [0.15, 0.2) is 145 Å². The molecule has 1 amide bonds. The number of hydrogen-bond acceptors (Lipinski definition) is 15. The van der Waals surface area contributed by atoms with Crippen molar-refractivity contribution in [2.45, 2.75) is 185 Å². The molecular formula is C80H90F4N2O14. The number of halogens is 4. The van der Waals surface area contributed by atoms with Gasteiger partial charge in [0, 0.05) is 74.3 Å². The van der Waals surface area contributed by atoms with Crippen molar-refractivity contribution in [1.29, 1.82) is 0 Å². The molecule has 8 aliphatic carbocycles. The minimum Gasteiger partial charge on any atom is -0.399 e. The van der Waals surface area contributed by atoms with Gasteiger partial charge in [-0.3, -0.25) is 28.8 Å². The number of Topliss-reactive ketones (excluding diaryl/α,β-unsaturated/α-hetero) is 3. The van der Waals surface area contributed by atoms with Crippen molar-refractivity contribution in [2.75, 3.05) is 24.3 Å². The maximum Gasteiger partial charge on any atom is 0.227 e. The monoisotopic (exact) mass is 1380 g/mol. The van der Waals surface area contributed by atoms with Gasteiger partial charge >= 0.3 is 0 Å². The third kappa shape index (κ3) is 10.8. The fourth-order valence-electron chi connectivity index (χ4n) is 20.2. The molecule has 2 saturated heterocycles. The molecule has 2 aliphatic heterocycles. The van der Waals surface area contributed by atoms with E-state index in [0.29, 0.717) is 35.3 Å². The highest BCUT2D eigenvalue weighted by atomic mass is 19.2. The number of amides is 1. The molecule has 0 unspecified atom stereocenters. The summed E-state index contributed by atoms with van der Waals surface area (Å²) < 4.78 is 93.0. The fraction of sp³-hybridized carbons (Fsp3) is 0.525. The van der Waals surface area contributed by atoms with Crippen LogP contribution in [-0.2, 0) is 60.6 Å². The summed E-state index contributed by atoms with van der Waals surface area (Å²) in [5.74, 6) is -5.83. The van der Waals surface area contributed by atoms with E-state index in [4.69, 9.17) is 24.7 Å². The van der Waals surface area contributed by atoms with Crippen LogP contribution in [0.1, 0.15) is 146 Å². The Morgan fingerprint density at radius 2 is 1.02 bits per heavy atom. The highest BCUT2D eigenvalue weighted by Crippen LogP contribution is 2.75. The summed E-state index contributed by atoms with van der Waals surface area (Å²) in [5.41, 5.74) is -0.852. The third-order valence-electron chi connectivity index (χ3n) is 25.8. The Hall–Kier alpha value is -7.14. The number of hydrogen-bond donors (Lipinski definition) is 6. The van der Waals surface area contributed by atoms with Crippen LogP contribution in [-0.4, -0.2) is 128 Å². The van der Waals surface area contributed by atoms with Gasteiger partial charge in [0.2, 0.25) is 5.91 Å². The van der Waals surface area contributed by atoms with E-state index in [2.05, 4.69) is 5.32 Å². The highest BCUT2D eigenvalue weighted by Gasteiger charge is 2.82. The van der Waals surface area contributed by atoms with E-state index in [1.54, 1.807) is 20.8 Å². The summed E-state index contributed by atoms with van der Waals surface area (Å²) in [6.07, 6.45) is -1.70. The number of ketones is 5. The molecule has 10 aliphatic rings. The van der Waals surface area contributed by atoms with E-state index >= 15 is 17.6 Å². The van der Waals surface area contributed by atoms with Gasteiger partial charge in [-0.05, 0) is 165 Å². The van der Waals surface area contributed by atoms with Gasteiger partial charge in [-0.15, -0.1) is 0 Å². The van der Waals surface area contributed by atoms with Crippen molar-refractivity contribution in [1.82, 2.24) is 0 Å². The van der Waals surface area contributed by atoms with Crippen LogP contribution < -0.4 is 11.1 Å². The van der Waals surface area contributed by atoms with Gasteiger partial charge in [0.15, 0.2) is 58.3 Å². The fourth-order valence-corrected chi connectivity index (χ4v) is 20.2. The number of carbonyl (C=O) groups is 6. The molecule has 8 fully saturated rings. The molecule has 16 nitrogen and oxygen atoms in total. The number of alkyl halides is 4. The zero-order valence-corrected chi connectivity index (χ0v) is 57.6. The van der Waals surface area contributed by atoms with Crippen LogP contribution in [0.5, 0.6) is 0 Å². The summed E-state index contributed by atoms with van der Waals surface area (Å²) in [6, 6.07) is 30.3. The van der Waals surface area contributed by atoms with E-state index in [1.165, 1.54) is 38.2 Å². The molecule has 7 N–H and O–H groups in total. The Kier molecular flexibility index (Phi) is 18.3. The van der Waals surface area contributed by atoms with E-state index < -0.39 is 159 Å². The van der Waals surface area contributed by atoms with Gasteiger partial charge in [-0.25, -0.2) is 17.6 Å². The number of fused-ring (bicyclic) bond motifs is 14. The summed E-state index contributed by atoms with van der Waals surface area (Å²) >= 11 is 0. The number of nitrogens with one attached hydrogen (secondary N) is 1. The Labute approximate surface area is 579 Å². The van der Waals surface area contributed by atoms with Crippen molar-refractivity contribution in [3.8, 4) is 0 Å². The summed E-state index contributed by atoms with van der Waals surface area (Å²) in [7, 11) is 0. The van der Waals surface area contributed by atoms with Gasteiger partial charge in [-0.2, -0.15) is 0 Å². The molecule has 100 heavy (non-hydrogen) atoms. The number of aliphatic hydroxyl groups is 4. The number of anilines is 2. The van der Waals surface area contributed by atoms with Crippen LogP contribution in [0, 0.1) is 63.1 Å². The SMILES string of the molecule is CC(C)[C@H](C)C(=O)C[C@@H](C)C(=O)Nc1cccc(Cc2ccc([C@@H]3O[C@@H]4C[C@H]5[C@@H]6C[C@H](F)C7=CC(=O)C=C[C@]7(C)[C@@]6(F)[C@@H](O)C[C@]5(C)[C@]4(C(=O)CO)O3)cc2)c1.C[C@]12C=CC(=O)C=C1[C@@H](F)C[C@H]1[C@@H]3C[C@H]4O[C@@H](c5ccc(Cc6cccc(N)c6)cc5)O[C@@]4(C(=O)CO)[C@@]3(C)C[C@H](O)[C@@]12F. The van der Waals surface area contributed by atoms with Crippen LogP contribution in [0.4, 0.5) is 28.9 Å². The Morgan fingerprint density at radius 3 is 1.44 bits per heavy atom. The Bertz CT molecular complexity index is 4080. The van der Waals surface area contributed by atoms with Gasteiger partial charge in [-0.1, -0.05) is 126 Å². The minimum atomic E-state index is -2.32. The van der Waals surface area contributed by atoms with E-state index in [1.807, 2.05) is 118 Å². The standard InChI is InChI=1S/C45H53F2NO8.C35H37F2NO6/c1-24(2)26(4)36(51)16-25(3)40(54)48-30-9-7-8-28(18-30)17-27-10-12-29(13-11-27)41-55-39-21-32-33-20-35(46)34-19-31(50)14-15-42(34,5)44(33,47)37(52)22-43(32,6)45(39,56-41)38(53)23-49;1-32-11-10-23(40)14-26(32)27(36)15-25-24-16-30-35(29(42)18-39,33(24,2)17-28(41)34(25,32)37)44-31(43-30)21-8-6-19(7-9-21)12-20-4-3-5-22(38)13-20/h7-15,18-19,24-26,32-33,35,37,39,41,49,52H,16-17,20-23H2,1-6H3,(H,48,54);3-11,13-14,24-25,27-28,30-31,39,41H,12,15-18,38H2,1-2H3/t25-,26+,32+,33+,35+,37+,39-,41-,42+,43+,44+,45-;24-,25-,27-,28-,30+,31+,32-,33-,34-,35+/m10/s1. The van der Waals surface area contributed by atoms with Crippen molar-refractivity contribution in [3.05, 3.63) is 178 Å². The van der Waals surface area contributed by atoms with Crippen LogP contribution in [0.25, 0.3) is 0 Å². The second-order valence-corrected chi connectivity index (χ2v) is 31.3. The van der Waals surface area contributed by atoms with E-state index in [-0.39, 0.29) is 79.6 Å². The number of allylic oxidation sites excluding steroid dienone is 8. The zero-order chi connectivity index (χ0) is 71.8. The second-order valence-electron chi connectivity index (χ2n) is 31.3. The first-order chi connectivity index (χ1) is 47.3. The molecule has 0 bridgehead atoms. The summed E-state index contributed by atoms with van der Waals surface area (Å²) in [5, 5.41) is 46.8. The maximum atomic E-state index is 17.7. The lowest BCUT2D eigenvalue weighted by Gasteiger charge is -2.63. The Morgan fingerprint density at radius 1 is 0.590 bits per heavy atom. The molecule has 532 valence electrons. The zero-order valence-electron chi connectivity index (χ0n) is 57.6. The first-order valence-corrected chi connectivity index (χ1v) is 35.1. The van der Waals surface area contributed by atoms with Gasteiger partial charge < -0.3 is 50.4 Å². The lowest BCUT2D eigenvalue weighted by molar-refractivity contribution is -0.235. The molecule has 4 aromatic carbocycles. The van der Waals surface area contributed by atoms with Crippen LogP contribution in [0.3, 0.4) is 0 Å². The second kappa shape index (κ2) is 25.7. The minimum absolute atomic E-state index is 0.0206. The van der Waals surface area contributed by atoms with Gasteiger partial charge in [0.1, 0.15) is 31.3 Å². The molecule has 22 atom stereocenters. The van der Waals surface area contributed by atoms with E-state index in [0.717, 1.165) is 34.4 Å². The first-order valence-electron chi connectivity index (χ1n) is 35.1. The maximum absolute atomic E-state index is 17.7. The van der Waals surface area contributed by atoms with Crippen molar-refractivity contribution in [3.63, 3.8) is 0 Å². The summed E-state index contributed by atoms with van der Waals surface area (Å²) in [6.45, 7) is 12.6. The number of carbonyl (C=O) groups excluding carboxylic acids is 6. The predicted molar refractivity (Wildman–Crippen MR) is 362 cm³/mol. The Balaban J connectivity index is 0.000000184. The molecule has 0 spiro atoms. The topological polar surface area (TPSA) is 258 Å². The van der Waals surface area contributed by atoms with Gasteiger partial charge in [0.05, 0.1) is 24.4 Å². The van der Waals surface area contributed by atoms with Gasteiger partial charge in [0.25, 0.3) is 0 Å². The molecule has 14 rings (SSSR count). The highest BCUT2D eigenvalue weighted by molar-refractivity contribution is 6.02. The lowest BCUT2D eigenvalue weighted by Crippen LogP contribution is -2.70. The first kappa shape index (κ1) is 71.3. The number of nitrogens with two attached hydrogens (primary N) is 1. The average molecular weight is 1380 g/mol. The largest absolute Gasteiger partial charge is 0.399 e. The number of ether oxygens (including phenoxy) is 4. The average Bonchev–Trinajstić information content (AvgIpc) is 1.42. The number of benzene rings is 4. The molecule has 0 radical (unpaired) electrons. The predicted octanol–water partition coefficient (Wildman–Crippen LogP) is 11.2. The molecular weight excluding hydrogens is 1290 g/mol. The van der Waals surface area contributed by atoms with Crippen LogP contribution in [0.2, 0.25) is 0 Å². The smallest absolute Gasteiger partial charge is 0.227 e. The van der Waals surface area contributed by atoms with Crippen molar-refractivity contribution >= 4 is 46.2 Å². The van der Waals surface area contributed by atoms with Crippen molar-refractivity contribution < 1.29 is 85.7 Å². The quantitative estimate of drug-likeness (QED) is 0.0450. The third-order valence-corrected chi connectivity index (χ3v) is 25.8. The number of aliphatic hydroxyl groups excluding tert-OH is 4. The van der Waals surface area contributed by atoms with Crippen LogP contribution >= 0.6 is 0 Å². The number of nitrogen functional groups attached to an aromatic ring is 1. The molecule has 4 aromatic rings. The summed E-state index contributed by atoms with van der Waals surface area (Å²) in [4.78, 5) is 77.4. The number of rotatable bonds is 16. The molecule has 0 aromatic heterocycles. The lowest BCUT2D eigenvalue weighted by atomic mass is 9.44. The van der Waals surface area contributed by atoms with E-state index in [9.17, 15) is 49.2 Å². The normalized spacial score (nSPS) is 39.2. The molecule has 2 heterocycles. The molecule has 6 saturated carbocycles.